The second-order valence-corrected chi connectivity index (χ2v) is 6.23. The van der Waals surface area contributed by atoms with E-state index in [1.807, 2.05) is 18.2 Å². The molecule has 0 radical (unpaired) electrons. The average molecular weight is 361 g/mol. The summed E-state index contributed by atoms with van der Waals surface area (Å²) in [7, 11) is 0. The molecule has 1 fully saturated rings. The van der Waals surface area contributed by atoms with Crippen LogP contribution < -0.4 is 9.47 Å². The number of aliphatic hydroxyl groups excluding tert-OH is 2. The van der Waals surface area contributed by atoms with E-state index >= 15 is 0 Å². The van der Waals surface area contributed by atoms with E-state index in [4.69, 9.17) is 19.5 Å². The van der Waals surface area contributed by atoms with Crippen LogP contribution in [0.5, 0.6) is 11.5 Å². The Morgan fingerprint density at radius 3 is 3.00 bits per heavy atom. The van der Waals surface area contributed by atoms with Crippen molar-refractivity contribution in [2.45, 2.75) is 37.4 Å². The molecule has 1 aromatic rings. The number of nitrogens with zero attached hydrogens (tertiary/aromatic N) is 1. The van der Waals surface area contributed by atoms with Crippen LogP contribution in [0.2, 0.25) is 0 Å². The average Bonchev–Trinajstić information content (AvgIpc) is 2.67. The molecule has 4 atom stereocenters. The SMILES string of the molecule is OCC1CC(OO)C(O)[C@H](Oc2ccc3c(c2)OC2=CCC=CC2=N3)O1. The fourth-order valence-electron chi connectivity index (χ4n) is 3.07. The lowest BCUT2D eigenvalue weighted by Crippen LogP contribution is -2.52. The summed E-state index contributed by atoms with van der Waals surface area (Å²) in [6, 6.07) is 5.08. The summed E-state index contributed by atoms with van der Waals surface area (Å²) in [5, 5.41) is 28.4. The van der Waals surface area contributed by atoms with E-state index in [9.17, 15) is 10.2 Å². The van der Waals surface area contributed by atoms with Gasteiger partial charge in [-0.3, -0.25) is 5.26 Å². The monoisotopic (exact) mass is 361 g/mol. The van der Waals surface area contributed by atoms with Gasteiger partial charge in [0, 0.05) is 12.5 Å². The molecule has 3 aliphatic rings. The van der Waals surface area contributed by atoms with Gasteiger partial charge < -0.3 is 24.4 Å². The number of aliphatic imine (C=N–C) groups is 1. The molecule has 3 N–H and O–H groups in total. The van der Waals surface area contributed by atoms with Gasteiger partial charge in [-0.15, -0.1) is 0 Å². The van der Waals surface area contributed by atoms with Crippen LogP contribution >= 0.6 is 0 Å². The largest absolute Gasteiger partial charge is 0.462 e. The molecule has 2 aliphatic heterocycles. The van der Waals surface area contributed by atoms with Gasteiger partial charge in [0.05, 0.1) is 12.7 Å². The summed E-state index contributed by atoms with van der Waals surface area (Å²) < 4.78 is 17.1. The van der Waals surface area contributed by atoms with Gasteiger partial charge in [0.15, 0.2) is 5.75 Å². The fraction of sp³-hybridized carbons (Fsp3) is 0.389. The van der Waals surface area contributed by atoms with Crippen molar-refractivity contribution < 1.29 is 34.6 Å². The van der Waals surface area contributed by atoms with Gasteiger partial charge in [-0.05, 0) is 30.7 Å². The van der Waals surface area contributed by atoms with Crippen LogP contribution in [0.3, 0.4) is 0 Å². The molecule has 0 aromatic heterocycles. The molecule has 1 aromatic carbocycles. The van der Waals surface area contributed by atoms with Gasteiger partial charge in [0.1, 0.15) is 35.1 Å². The van der Waals surface area contributed by atoms with Gasteiger partial charge in [0.2, 0.25) is 6.29 Å². The Morgan fingerprint density at radius 2 is 2.19 bits per heavy atom. The molecule has 2 heterocycles. The number of fused-ring (bicyclic) bond motifs is 2. The molecule has 8 heteroatoms. The van der Waals surface area contributed by atoms with E-state index in [-0.39, 0.29) is 13.0 Å². The molecule has 0 spiro atoms. The maximum absolute atomic E-state index is 10.2. The predicted octanol–water partition coefficient (Wildman–Crippen LogP) is 1.70. The highest BCUT2D eigenvalue weighted by atomic mass is 17.1. The molecule has 8 nitrogen and oxygen atoms in total. The van der Waals surface area contributed by atoms with Crippen molar-refractivity contribution in [2.75, 3.05) is 6.61 Å². The van der Waals surface area contributed by atoms with Gasteiger partial charge in [-0.2, -0.15) is 0 Å². The Hall–Kier alpha value is -2.23. The molecule has 3 unspecified atom stereocenters. The van der Waals surface area contributed by atoms with Crippen molar-refractivity contribution in [1.82, 2.24) is 0 Å². The van der Waals surface area contributed by atoms with Crippen molar-refractivity contribution in [3.63, 3.8) is 0 Å². The van der Waals surface area contributed by atoms with Crippen molar-refractivity contribution in [3.8, 4) is 11.5 Å². The summed E-state index contributed by atoms with van der Waals surface area (Å²) >= 11 is 0. The van der Waals surface area contributed by atoms with Crippen molar-refractivity contribution in [3.05, 3.63) is 42.2 Å². The standard InChI is InChI=1S/C18H19NO7/c20-9-11-8-16(26-22)17(21)18(24-11)23-10-5-6-13-15(7-10)25-14-4-2-1-3-12(14)19-13/h1,3-7,11,16-18,20-22H,2,8-9H2/t11?,16?,17?,18-/m1/s1. The van der Waals surface area contributed by atoms with Crippen LogP contribution in [0, 0.1) is 0 Å². The van der Waals surface area contributed by atoms with Gasteiger partial charge >= 0.3 is 0 Å². The summed E-state index contributed by atoms with van der Waals surface area (Å²) in [4.78, 5) is 8.81. The first-order chi connectivity index (χ1) is 12.7. The summed E-state index contributed by atoms with van der Waals surface area (Å²) in [5.41, 5.74) is 1.45. The van der Waals surface area contributed by atoms with Crippen molar-refractivity contribution in [1.29, 1.82) is 0 Å². The third kappa shape index (κ3) is 3.25. The number of hydrogen-bond donors (Lipinski definition) is 3. The van der Waals surface area contributed by atoms with Crippen LogP contribution in [0.1, 0.15) is 12.8 Å². The van der Waals surface area contributed by atoms with E-state index in [0.717, 1.165) is 12.1 Å². The van der Waals surface area contributed by atoms with Crippen LogP contribution in [0.4, 0.5) is 5.69 Å². The first-order valence-electron chi connectivity index (χ1n) is 8.37. The minimum absolute atomic E-state index is 0.153. The zero-order chi connectivity index (χ0) is 18.1. The molecule has 0 saturated carbocycles. The molecule has 4 rings (SSSR count). The van der Waals surface area contributed by atoms with Gasteiger partial charge in [-0.1, -0.05) is 6.08 Å². The zero-order valence-corrected chi connectivity index (χ0v) is 13.8. The first-order valence-corrected chi connectivity index (χ1v) is 8.37. The fourth-order valence-corrected chi connectivity index (χ4v) is 3.07. The van der Waals surface area contributed by atoms with Crippen LogP contribution in [-0.2, 0) is 9.62 Å². The highest BCUT2D eigenvalue weighted by Crippen LogP contribution is 2.38. The predicted molar refractivity (Wildman–Crippen MR) is 90.5 cm³/mol. The van der Waals surface area contributed by atoms with Crippen LogP contribution in [-0.4, -0.2) is 52.4 Å². The number of hydrogen-bond acceptors (Lipinski definition) is 8. The zero-order valence-electron chi connectivity index (χ0n) is 13.8. The molecule has 0 bridgehead atoms. The van der Waals surface area contributed by atoms with E-state index in [2.05, 4.69) is 9.88 Å². The Kier molecular flexibility index (Phi) is 4.75. The third-order valence-corrected chi connectivity index (χ3v) is 4.43. The lowest BCUT2D eigenvalue weighted by atomic mass is 10.0. The Morgan fingerprint density at radius 1 is 1.31 bits per heavy atom. The topological polar surface area (TPSA) is 110 Å². The second-order valence-electron chi connectivity index (χ2n) is 6.23. The Labute approximate surface area is 149 Å². The van der Waals surface area contributed by atoms with Crippen LogP contribution in [0.15, 0.2) is 47.2 Å². The molecule has 1 saturated heterocycles. The highest BCUT2D eigenvalue weighted by molar-refractivity contribution is 6.10. The molecule has 138 valence electrons. The number of benzene rings is 1. The van der Waals surface area contributed by atoms with Gasteiger partial charge in [-0.25, -0.2) is 9.88 Å². The quantitative estimate of drug-likeness (QED) is 0.553. The lowest BCUT2D eigenvalue weighted by Gasteiger charge is -2.36. The number of rotatable bonds is 4. The molecule has 0 amide bonds. The van der Waals surface area contributed by atoms with E-state index < -0.39 is 24.6 Å². The minimum atomic E-state index is -1.21. The molecular formula is C18H19NO7. The molecule has 1 aliphatic carbocycles. The minimum Gasteiger partial charge on any atom is -0.462 e. The van der Waals surface area contributed by atoms with E-state index in [0.29, 0.717) is 22.9 Å². The summed E-state index contributed by atoms with van der Waals surface area (Å²) in [6.45, 7) is -0.279. The van der Waals surface area contributed by atoms with Crippen molar-refractivity contribution in [2.24, 2.45) is 4.99 Å². The number of allylic oxidation sites excluding steroid dienone is 3. The Bertz CT molecular complexity index is 773. The smallest absolute Gasteiger partial charge is 0.229 e. The molecule has 26 heavy (non-hydrogen) atoms. The summed E-state index contributed by atoms with van der Waals surface area (Å²) in [5.74, 6) is 1.63. The summed E-state index contributed by atoms with van der Waals surface area (Å²) in [6.07, 6.45) is 2.97. The maximum atomic E-state index is 10.2. The third-order valence-electron chi connectivity index (χ3n) is 4.43. The number of ether oxygens (including phenoxy) is 3. The maximum Gasteiger partial charge on any atom is 0.229 e. The van der Waals surface area contributed by atoms with Crippen LogP contribution in [0.25, 0.3) is 0 Å². The Balaban J connectivity index is 1.54. The first kappa shape index (κ1) is 17.2. The second kappa shape index (κ2) is 7.18. The highest BCUT2D eigenvalue weighted by Gasteiger charge is 2.40. The van der Waals surface area contributed by atoms with E-state index in [1.54, 1.807) is 18.2 Å². The molecular weight excluding hydrogens is 342 g/mol. The van der Waals surface area contributed by atoms with E-state index in [1.165, 1.54) is 0 Å². The van der Waals surface area contributed by atoms with Gasteiger partial charge in [0.25, 0.3) is 0 Å². The lowest BCUT2D eigenvalue weighted by molar-refractivity contribution is -0.343. The number of aliphatic hydroxyl groups is 2. The normalized spacial score (nSPS) is 29.8. The van der Waals surface area contributed by atoms with Crippen molar-refractivity contribution >= 4 is 11.4 Å².